The number of aliphatic carboxylic acids is 1. The Morgan fingerprint density at radius 2 is 1.57 bits per heavy atom. The number of ether oxygens (including phenoxy) is 2. The molecule has 0 radical (unpaired) electrons. The van der Waals surface area contributed by atoms with Gasteiger partial charge in [0.25, 0.3) is 0 Å². The van der Waals surface area contributed by atoms with Crippen molar-refractivity contribution < 1.29 is 29.0 Å². The van der Waals surface area contributed by atoms with Gasteiger partial charge in [0, 0.05) is 47.8 Å². The fourth-order valence-corrected chi connectivity index (χ4v) is 6.62. The average molecular weight is 575 g/mol. The van der Waals surface area contributed by atoms with E-state index in [4.69, 9.17) is 9.47 Å². The molecule has 1 aliphatic heterocycles. The lowest BCUT2D eigenvalue weighted by Crippen LogP contribution is -2.45. The molecule has 0 atom stereocenters. The van der Waals surface area contributed by atoms with Crippen molar-refractivity contribution in [2.45, 2.75) is 72.6 Å². The number of carbonyl (C=O) groups excluding carboxylic acids is 2. The lowest BCUT2D eigenvalue weighted by atomic mass is 9.63. The minimum absolute atomic E-state index is 0.00438. The highest BCUT2D eigenvalue weighted by Crippen LogP contribution is 2.55. The smallest absolute Gasteiger partial charge is 0.305 e. The molecule has 4 rings (SSSR count). The van der Waals surface area contributed by atoms with Crippen molar-refractivity contribution in [3.8, 4) is 11.5 Å². The van der Waals surface area contributed by atoms with Crippen molar-refractivity contribution in [1.29, 1.82) is 0 Å². The Bertz CT molecular complexity index is 1170. The first-order chi connectivity index (χ1) is 17.3. The van der Waals surface area contributed by atoms with E-state index in [1.165, 1.54) is 0 Å². The second-order valence-corrected chi connectivity index (χ2v) is 12.7. The lowest BCUT2D eigenvalue weighted by Gasteiger charge is -2.49. The number of Topliss-reactive ketones (excluding diaryl/α,β-unsaturated/α-hetero) is 2. The van der Waals surface area contributed by atoms with E-state index in [0.717, 1.165) is 17.0 Å². The van der Waals surface area contributed by atoms with E-state index in [1.807, 2.05) is 24.0 Å². The number of rotatable bonds is 7. The molecule has 7 nitrogen and oxygen atoms in total. The summed E-state index contributed by atoms with van der Waals surface area (Å²) in [4.78, 5) is 41.2. The monoisotopic (exact) mass is 573 g/mol. The molecule has 3 aliphatic rings. The van der Waals surface area contributed by atoms with Gasteiger partial charge in [-0.15, -0.1) is 0 Å². The van der Waals surface area contributed by atoms with Gasteiger partial charge in [0.1, 0.15) is 0 Å². The number of hydrogen-bond donors (Lipinski definition) is 1. The van der Waals surface area contributed by atoms with E-state index in [0.29, 0.717) is 59.4 Å². The van der Waals surface area contributed by atoms with Crippen LogP contribution in [0.1, 0.15) is 78.2 Å². The number of halogens is 1. The second kappa shape index (κ2) is 9.93. The maximum absolute atomic E-state index is 13.8. The fraction of sp³-hybridized carbons (Fsp3) is 0.552. The first-order valence-corrected chi connectivity index (χ1v) is 13.6. The maximum atomic E-state index is 13.8. The van der Waals surface area contributed by atoms with E-state index in [1.54, 1.807) is 7.11 Å². The second-order valence-electron chi connectivity index (χ2n) is 11.8. The summed E-state index contributed by atoms with van der Waals surface area (Å²) >= 11 is 3.62. The molecule has 0 aromatic heterocycles. The van der Waals surface area contributed by atoms with Gasteiger partial charge in [0.15, 0.2) is 23.1 Å². The number of nitrogens with zero attached hydrogens (tertiary/aromatic N) is 1. The van der Waals surface area contributed by atoms with Crippen LogP contribution in [0, 0.1) is 10.8 Å². The molecule has 0 spiro atoms. The Balaban J connectivity index is 2.00. The highest BCUT2D eigenvalue weighted by molar-refractivity contribution is 9.10. The van der Waals surface area contributed by atoms with Crippen LogP contribution in [0.15, 0.2) is 39.1 Å². The van der Waals surface area contributed by atoms with Crippen LogP contribution in [-0.2, 0) is 14.4 Å². The normalized spacial score (nSPS) is 21.1. The van der Waals surface area contributed by atoms with Crippen LogP contribution in [0.4, 0.5) is 0 Å². The molecule has 1 N–H and O–H groups in total. The maximum Gasteiger partial charge on any atom is 0.305 e. The van der Waals surface area contributed by atoms with Crippen LogP contribution in [0.5, 0.6) is 11.5 Å². The molecule has 1 aromatic rings. The van der Waals surface area contributed by atoms with Crippen LogP contribution >= 0.6 is 15.9 Å². The molecule has 0 fully saturated rings. The SMILES string of the molecule is CCOc1c(Br)cc(C2C3=C(CC(C)(C)CC3=O)N(CCC(=O)O)C3=C2C(=O)CC(C)(C)C3)cc1OC. The number of hydrogen-bond acceptors (Lipinski definition) is 6. The van der Waals surface area contributed by atoms with Crippen molar-refractivity contribution >= 4 is 33.5 Å². The number of carbonyl (C=O) groups is 3. The van der Waals surface area contributed by atoms with Crippen molar-refractivity contribution in [2.24, 2.45) is 10.8 Å². The van der Waals surface area contributed by atoms with Crippen LogP contribution in [0.2, 0.25) is 0 Å². The minimum Gasteiger partial charge on any atom is -0.493 e. The first-order valence-electron chi connectivity index (χ1n) is 12.8. The Kier molecular flexibility index (Phi) is 7.36. The zero-order valence-corrected chi connectivity index (χ0v) is 24.1. The largest absolute Gasteiger partial charge is 0.493 e. The number of ketones is 2. The summed E-state index contributed by atoms with van der Waals surface area (Å²) in [6.07, 6.45) is 1.92. The van der Waals surface area contributed by atoms with E-state index in [-0.39, 0.29) is 35.4 Å². The Morgan fingerprint density at radius 3 is 2.03 bits per heavy atom. The zero-order valence-electron chi connectivity index (χ0n) is 22.5. The predicted molar refractivity (Wildman–Crippen MR) is 144 cm³/mol. The fourth-order valence-electron chi connectivity index (χ4n) is 6.05. The molecule has 0 unspecified atom stereocenters. The molecule has 0 saturated carbocycles. The molecule has 37 heavy (non-hydrogen) atoms. The van der Waals surface area contributed by atoms with Crippen LogP contribution in [-0.4, -0.2) is 47.8 Å². The average Bonchev–Trinajstić information content (AvgIpc) is 2.76. The number of methoxy groups -OCH3 is 1. The van der Waals surface area contributed by atoms with E-state index in [9.17, 15) is 19.5 Å². The van der Waals surface area contributed by atoms with Gasteiger partial charge in [-0.25, -0.2) is 0 Å². The molecule has 1 aromatic carbocycles. The summed E-state index contributed by atoms with van der Waals surface area (Å²) in [7, 11) is 1.57. The van der Waals surface area contributed by atoms with Crippen LogP contribution in [0.3, 0.4) is 0 Å². The summed E-state index contributed by atoms with van der Waals surface area (Å²) in [6, 6.07) is 3.78. The van der Waals surface area contributed by atoms with Crippen molar-refractivity contribution in [3.05, 3.63) is 44.7 Å². The first kappa shape index (κ1) is 27.4. The standard InChI is InChI=1S/C29H36BrNO6/c1-7-37-27-17(30)10-16(11-22(27)36-6)24-25-18(12-28(2,3)14-20(25)32)31(9-8-23(34)35)19-13-29(4,5)15-21(33)26(19)24/h10-11,24H,7-9,12-15H2,1-6H3,(H,34,35). The molecular weight excluding hydrogens is 538 g/mol. The number of benzene rings is 1. The topological polar surface area (TPSA) is 93.1 Å². The van der Waals surface area contributed by atoms with Crippen LogP contribution in [0.25, 0.3) is 0 Å². The van der Waals surface area contributed by atoms with E-state index < -0.39 is 11.9 Å². The predicted octanol–water partition coefficient (Wildman–Crippen LogP) is 6.02. The molecule has 8 heteroatoms. The minimum atomic E-state index is -0.908. The van der Waals surface area contributed by atoms with Gasteiger partial charge in [0.2, 0.25) is 0 Å². The van der Waals surface area contributed by atoms with E-state index >= 15 is 0 Å². The summed E-state index contributed by atoms with van der Waals surface area (Å²) < 4.78 is 12.1. The molecule has 200 valence electrons. The Labute approximate surface area is 227 Å². The van der Waals surface area contributed by atoms with Crippen LogP contribution < -0.4 is 9.47 Å². The highest BCUT2D eigenvalue weighted by atomic mass is 79.9. The third-order valence-electron chi connectivity index (χ3n) is 7.44. The Hall–Kier alpha value is -2.61. The van der Waals surface area contributed by atoms with Gasteiger partial charge in [-0.05, 0) is 64.2 Å². The summed E-state index contributed by atoms with van der Waals surface area (Å²) in [5.74, 6) is -0.345. The zero-order chi connectivity index (χ0) is 27.3. The van der Waals surface area contributed by atoms with Crippen molar-refractivity contribution in [3.63, 3.8) is 0 Å². The van der Waals surface area contributed by atoms with Gasteiger partial charge in [-0.2, -0.15) is 0 Å². The summed E-state index contributed by atoms with van der Waals surface area (Å²) in [5, 5.41) is 9.51. The van der Waals surface area contributed by atoms with Gasteiger partial charge in [-0.1, -0.05) is 27.7 Å². The third kappa shape index (κ3) is 5.22. The summed E-state index contributed by atoms with van der Waals surface area (Å²) in [5.41, 5.74) is 3.15. The molecular formula is C29H36BrNO6. The van der Waals surface area contributed by atoms with Gasteiger partial charge in [0.05, 0.1) is 24.6 Å². The highest BCUT2D eigenvalue weighted by Gasteiger charge is 2.49. The summed E-state index contributed by atoms with van der Waals surface area (Å²) in [6.45, 7) is 10.8. The van der Waals surface area contributed by atoms with Gasteiger partial charge < -0.3 is 19.5 Å². The number of allylic oxidation sites excluding steroid dienone is 4. The molecule has 0 bridgehead atoms. The molecule has 0 amide bonds. The number of carboxylic acid groups (broad SMARTS) is 1. The quantitative estimate of drug-likeness (QED) is 0.426. The molecule has 1 heterocycles. The number of carboxylic acids is 1. The third-order valence-corrected chi connectivity index (χ3v) is 8.03. The molecule has 0 saturated heterocycles. The van der Waals surface area contributed by atoms with Gasteiger partial charge in [-0.3, -0.25) is 14.4 Å². The van der Waals surface area contributed by atoms with Crippen molar-refractivity contribution in [2.75, 3.05) is 20.3 Å². The Morgan fingerprint density at radius 1 is 1.03 bits per heavy atom. The van der Waals surface area contributed by atoms with Crippen molar-refractivity contribution in [1.82, 2.24) is 4.90 Å². The molecule has 2 aliphatic carbocycles. The van der Waals surface area contributed by atoms with Gasteiger partial charge >= 0.3 is 5.97 Å². The van der Waals surface area contributed by atoms with E-state index in [2.05, 4.69) is 43.6 Å². The lowest BCUT2D eigenvalue weighted by molar-refractivity contribution is -0.137.